The van der Waals surface area contributed by atoms with E-state index >= 15 is 0 Å². The fraction of sp³-hybridized carbons (Fsp3) is 0.444. The SMILES string of the molecule is COc1cc2oc(=O)c(CC(=O)N3CCOCC3)c(C)c2cc1OC. The summed E-state index contributed by atoms with van der Waals surface area (Å²) in [6, 6.07) is 3.38. The third kappa shape index (κ3) is 3.32. The number of carbonyl (C=O) groups is 1. The average molecular weight is 347 g/mol. The summed E-state index contributed by atoms with van der Waals surface area (Å²) in [7, 11) is 3.06. The normalized spacial score (nSPS) is 14.6. The predicted molar refractivity (Wildman–Crippen MR) is 91.4 cm³/mol. The fourth-order valence-electron chi connectivity index (χ4n) is 3.00. The van der Waals surface area contributed by atoms with Crippen molar-refractivity contribution < 1.29 is 23.4 Å². The lowest BCUT2D eigenvalue weighted by molar-refractivity contribution is -0.134. The lowest BCUT2D eigenvalue weighted by atomic mass is 10.0. The molecule has 0 bridgehead atoms. The van der Waals surface area contributed by atoms with Crippen molar-refractivity contribution in [2.45, 2.75) is 13.3 Å². The molecule has 0 unspecified atom stereocenters. The monoisotopic (exact) mass is 347 g/mol. The molecule has 0 aliphatic carbocycles. The van der Waals surface area contributed by atoms with Gasteiger partial charge < -0.3 is 23.5 Å². The van der Waals surface area contributed by atoms with Crippen LogP contribution in [0.5, 0.6) is 11.5 Å². The topological polar surface area (TPSA) is 78.2 Å². The summed E-state index contributed by atoms with van der Waals surface area (Å²) in [5, 5.41) is 0.724. The Balaban J connectivity index is 2.00. The molecule has 134 valence electrons. The molecule has 0 radical (unpaired) electrons. The van der Waals surface area contributed by atoms with Gasteiger partial charge in [0.15, 0.2) is 11.5 Å². The summed E-state index contributed by atoms with van der Waals surface area (Å²) in [6.07, 6.45) is 0.0124. The molecule has 1 amide bonds. The summed E-state index contributed by atoms with van der Waals surface area (Å²) in [6.45, 7) is 3.94. The molecule has 0 spiro atoms. The van der Waals surface area contributed by atoms with Gasteiger partial charge in [-0.2, -0.15) is 0 Å². The number of nitrogens with zero attached hydrogens (tertiary/aromatic N) is 1. The molecule has 1 aromatic heterocycles. The van der Waals surface area contributed by atoms with Gasteiger partial charge in [-0.15, -0.1) is 0 Å². The van der Waals surface area contributed by atoms with E-state index in [4.69, 9.17) is 18.6 Å². The van der Waals surface area contributed by atoms with Crippen molar-refractivity contribution in [3.8, 4) is 11.5 Å². The first-order valence-electron chi connectivity index (χ1n) is 8.09. The molecule has 25 heavy (non-hydrogen) atoms. The van der Waals surface area contributed by atoms with E-state index in [2.05, 4.69) is 0 Å². The van der Waals surface area contributed by atoms with E-state index in [-0.39, 0.29) is 12.3 Å². The molecule has 7 nitrogen and oxygen atoms in total. The van der Waals surface area contributed by atoms with Crippen LogP contribution in [0.2, 0.25) is 0 Å². The lowest BCUT2D eigenvalue weighted by Gasteiger charge is -2.27. The molecule has 7 heteroatoms. The summed E-state index contributed by atoms with van der Waals surface area (Å²) in [5.41, 5.74) is 0.992. The zero-order chi connectivity index (χ0) is 18.0. The number of hydrogen-bond acceptors (Lipinski definition) is 6. The Bertz CT molecular complexity index is 851. The van der Waals surface area contributed by atoms with Crippen LogP contribution in [-0.2, 0) is 16.0 Å². The number of amides is 1. The summed E-state index contributed by atoms with van der Waals surface area (Å²) in [5.74, 6) is 0.922. The van der Waals surface area contributed by atoms with Crippen molar-refractivity contribution in [1.29, 1.82) is 0 Å². The fourth-order valence-corrected chi connectivity index (χ4v) is 3.00. The number of hydrogen-bond donors (Lipinski definition) is 0. The highest BCUT2D eigenvalue weighted by Gasteiger charge is 2.21. The maximum absolute atomic E-state index is 12.5. The first-order chi connectivity index (χ1) is 12.0. The maximum Gasteiger partial charge on any atom is 0.340 e. The highest BCUT2D eigenvalue weighted by molar-refractivity contribution is 5.87. The van der Waals surface area contributed by atoms with Crippen molar-refractivity contribution in [1.82, 2.24) is 4.90 Å². The third-order valence-corrected chi connectivity index (χ3v) is 4.48. The van der Waals surface area contributed by atoms with Gasteiger partial charge in [-0.3, -0.25) is 4.79 Å². The molecule has 1 fully saturated rings. The second kappa shape index (κ2) is 7.14. The number of rotatable bonds is 4. The summed E-state index contributed by atoms with van der Waals surface area (Å²) in [4.78, 5) is 26.6. The Morgan fingerprint density at radius 2 is 1.80 bits per heavy atom. The van der Waals surface area contributed by atoms with E-state index in [9.17, 15) is 9.59 Å². The maximum atomic E-state index is 12.5. The Hall–Kier alpha value is -2.54. The predicted octanol–water partition coefficient (Wildman–Crippen LogP) is 1.52. The minimum Gasteiger partial charge on any atom is -0.493 e. The van der Waals surface area contributed by atoms with E-state index in [1.165, 1.54) is 7.11 Å². The number of carbonyl (C=O) groups excluding carboxylic acids is 1. The van der Waals surface area contributed by atoms with Crippen molar-refractivity contribution in [2.75, 3.05) is 40.5 Å². The van der Waals surface area contributed by atoms with Gasteiger partial charge in [-0.25, -0.2) is 4.79 Å². The quantitative estimate of drug-likeness (QED) is 0.781. The second-order valence-electron chi connectivity index (χ2n) is 5.87. The molecule has 0 saturated carbocycles. The number of ether oxygens (including phenoxy) is 3. The standard InChI is InChI=1S/C18H21NO6/c1-11-12-8-15(22-2)16(23-3)10-14(12)25-18(21)13(11)9-17(20)19-4-6-24-7-5-19/h8,10H,4-7,9H2,1-3H3. The van der Waals surface area contributed by atoms with E-state index in [0.29, 0.717) is 54.5 Å². The number of fused-ring (bicyclic) bond motifs is 1. The highest BCUT2D eigenvalue weighted by atomic mass is 16.5. The Morgan fingerprint density at radius 3 is 2.44 bits per heavy atom. The molecule has 1 saturated heterocycles. The Kier molecular flexibility index (Phi) is 4.94. The van der Waals surface area contributed by atoms with Crippen LogP contribution in [-0.4, -0.2) is 51.3 Å². The molecule has 1 aliphatic rings. The van der Waals surface area contributed by atoms with Crippen molar-refractivity contribution in [3.05, 3.63) is 33.7 Å². The van der Waals surface area contributed by atoms with Gasteiger partial charge >= 0.3 is 5.63 Å². The number of aryl methyl sites for hydroxylation is 1. The zero-order valence-electron chi connectivity index (χ0n) is 14.6. The van der Waals surface area contributed by atoms with Crippen molar-refractivity contribution in [2.24, 2.45) is 0 Å². The van der Waals surface area contributed by atoms with Crippen LogP contribution in [0.15, 0.2) is 21.3 Å². The average Bonchev–Trinajstić information content (AvgIpc) is 2.64. The van der Waals surface area contributed by atoms with Crippen molar-refractivity contribution >= 4 is 16.9 Å². The van der Waals surface area contributed by atoms with E-state index < -0.39 is 5.63 Å². The van der Waals surface area contributed by atoms with Gasteiger partial charge in [0.1, 0.15) is 5.58 Å². The van der Waals surface area contributed by atoms with E-state index in [1.807, 2.05) is 6.92 Å². The number of benzene rings is 1. The van der Waals surface area contributed by atoms with Gasteiger partial charge in [0.2, 0.25) is 5.91 Å². The summed E-state index contributed by atoms with van der Waals surface area (Å²) >= 11 is 0. The first-order valence-corrected chi connectivity index (χ1v) is 8.09. The molecule has 1 aromatic carbocycles. The first kappa shape index (κ1) is 17.3. The number of morpholine rings is 1. The molecule has 2 heterocycles. The summed E-state index contributed by atoms with van der Waals surface area (Å²) < 4.78 is 21.2. The van der Waals surface area contributed by atoms with Gasteiger partial charge in [0, 0.05) is 24.5 Å². The van der Waals surface area contributed by atoms with Crippen LogP contribution in [0.4, 0.5) is 0 Å². The van der Waals surface area contributed by atoms with Crippen molar-refractivity contribution in [3.63, 3.8) is 0 Å². The van der Waals surface area contributed by atoms with Crippen LogP contribution in [0.1, 0.15) is 11.1 Å². The van der Waals surface area contributed by atoms with Gasteiger partial charge in [-0.05, 0) is 18.6 Å². The minimum absolute atomic E-state index is 0.0124. The molecule has 1 aliphatic heterocycles. The molecular weight excluding hydrogens is 326 g/mol. The zero-order valence-corrected chi connectivity index (χ0v) is 14.6. The van der Waals surface area contributed by atoms with Gasteiger partial charge in [0.05, 0.1) is 39.4 Å². The molecule has 0 atom stereocenters. The second-order valence-corrected chi connectivity index (χ2v) is 5.87. The molecule has 0 N–H and O–H groups in total. The third-order valence-electron chi connectivity index (χ3n) is 4.48. The largest absolute Gasteiger partial charge is 0.493 e. The highest BCUT2D eigenvalue weighted by Crippen LogP contribution is 2.33. The van der Waals surface area contributed by atoms with Gasteiger partial charge in [0.25, 0.3) is 0 Å². The Morgan fingerprint density at radius 1 is 1.16 bits per heavy atom. The van der Waals surface area contributed by atoms with E-state index in [1.54, 1.807) is 24.1 Å². The molecular formula is C18H21NO6. The van der Waals surface area contributed by atoms with Crippen LogP contribution in [0, 0.1) is 6.92 Å². The van der Waals surface area contributed by atoms with Gasteiger partial charge in [-0.1, -0.05) is 0 Å². The van der Waals surface area contributed by atoms with Crippen LogP contribution in [0.3, 0.4) is 0 Å². The molecule has 3 rings (SSSR count). The lowest BCUT2D eigenvalue weighted by Crippen LogP contribution is -2.42. The van der Waals surface area contributed by atoms with Crippen LogP contribution < -0.4 is 15.1 Å². The molecule has 2 aromatic rings. The van der Waals surface area contributed by atoms with E-state index in [0.717, 1.165) is 5.39 Å². The minimum atomic E-state index is -0.501. The van der Waals surface area contributed by atoms with Crippen LogP contribution >= 0.6 is 0 Å². The number of methoxy groups -OCH3 is 2. The smallest absolute Gasteiger partial charge is 0.340 e. The van der Waals surface area contributed by atoms with Crippen LogP contribution in [0.25, 0.3) is 11.0 Å². The Labute approximate surface area is 145 Å².